The van der Waals surface area contributed by atoms with Crippen LogP contribution < -0.4 is 21.6 Å². The fraction of sp³-hybridized carbons (Fsp3) is 0.621. The van der Waals surface area contributed by atoms with Gasteiger partial charge in [0, 0.05) is 0 Å². The number of carbonyl (C=O) groups excluding carboxylic acids is 3. The minimum atomic E-state index is -1.83. The molecule has 1 saturated heterocycles. The Labute approximate surface area is 243 Å². The average Bonchev–Trinajstić information content (AvgIpc) is 2.89. The first-order valence-electron chi connectivity index (χ1n) is 13.4. The Bertz CT molecular complexity index is 1260. The van der Waals surface area contributed by atoms with Crippen LogP contribution in [0, 0.1) is 16.7 Å². The molecule has 1 aromatic rings. The molecule has 4 N–H and O–H groups in total. The van der Waals surface area contributed by atoms with E-state index < -0.39 is 95.6 Å². The van der Waals surface area contributed by atoms with Crippen LogP contribution in [0.3, 0.4) is 0 Å². The Hall–Kier alpha value is -1.90. The van der Waals surface area contributed by atoms with Crippen molar-refractivity contribution in [1.82, 2.24) is 0 Å². The molecule has 0 amide bonds. The van der Waals surface area contributed by atoms with E-state index in [4.69, 9.17) is 12.5 Å². The standard InChI is InChI=1S/C29H36IO10/c1-14-17(32)12-29(37)23(30-40-25(36)16-9-7-6-8-10-16)22-27(5,24(35)21(34)20(14)26(29,3)4)18(33)11-19-28(22,13-38-19)39-15(2)31/h6-10,17-19,21-23,32-34,37H,11-13H2,1-5H3/q-1/t17-,18-,19+,21+,22?,23?,27+,28-,29+/m0/s1. The van der Waals surface area contributed by atoms with E-state index in [9.17, 15) is 34.8 Å². The molecule has 1 aliphatic heterocycles. The summed E-state index contributed by atoms with van der Waals surface area (Å²) in [4.78, 5) is 39.9. The van der Waals surface area contributed by atoms with Gasteiger partial charge in [0.2, 0.25) is 0 Å². The number of benzene rings is 1. The van der Waals surface area contributed by atoms with Crippen LogP contribution in [0.1, 0.15) is 57.8 Å². The van der Waals surface area contributed by atoms with Gasteiger partial charge in [-0.05, 0) is 0 Å². The van der Waals surface area contributed by atoms with Gasteiger partial charge >= 0.3 is 244 Å². The van der Waals surface area contributed by atoms with Crippen molar-refractivity contribution >= 4 is 17.7 Å². The van der Waals surface area contributed by atoms with Crippen molar-refractivity contribution < 1.29 is 69.0 Å². The van der Waals surface area contributed by atoms with Crippen LogP contribution in [0.5, 0.6) is 0 Å². The summed E-state index contributed by atoms with van der Waals surface area (Å²) in [6.45, 7) is 7.66. The molecule has 11 heteroatoms. The Morgan fingerprint density at radius 1 is 1.10 bits per heavy atom. The Balaban J connectivity index is 1.74. The number of rotatable bonds is 4. The molecule has 0 aromatic heterocycles. The predicted octanol–water partition coefficient (Wildman–Crippen LogP) is -1.91. The molecule has 10 nitrogen and oxygen atoms in total. The third kappa shape index (κ3) is 3.95. The number of esters is 1. The number of halogens is 1. The van der Waals surface area contributed by atoms with Gasteiger partial charge in [-0.2, -0.15) is 0 Å². The number of hydrogen-bond donors (Lipinski definition) is 4. The van der Waals surface area contributed by atoms with Gasteiger partial charge in [0.1, 0.15) is 0 Å². The normalized spacial score (nSPS) is 42.1. The summed E-state index contributed by atoms with van der Waals surface area (Å²) in [6.07, 6.45) is -5.23. The number of ether oxygens (including phenoxy) is 2. The van der Waals surface area contributed by atoms with Crippen LogP contribution in [0.4, 0.5) is 0 Å². The van der Waals surface area contributed by atoms with Gasteiger partial charge in [-0.1, -0.05) is 0 Å². The molecule has 0 spiro atoms. The fourth-order valence-electron chi connectivity index (χ4n) is 7.54. The molecule has 1 aromatic carbocycles. The minimum absolute atomic E-state index is 0.0317. The first-order valence-corrected chi connectivity index (χ1v) is 15.5. The number of aliphatic hydroxyl groups is 4. The van der Waals surface area contributed by atoms with E-state index in [2.05, 4.69) is 0 Å². The molecule has 4 aliphatic rings. The first kappa shape index (κ1) is 29.6. The quantitative estimate of drug-likeness (QED) is 0.123. The molecule has 220 valence electrons. The van der Waals surface area contributed by atoms with Crippen molar-refractivity contribution in [1.29, 1.82) is 0 Å². The zero-order valence-corrected chi connectivity index (χ0v) is 25.2. The van der Waals surface area contributed by atoms with Crippen LogP contribution in [0.2, 0.25) is 0 Å². The van der Waals surface area contributed by atoms with Crippen molar-refractivity contribution in [2.24, 2.45) is 16.7 Å². The molecule has 2 saturated carbocycles. The van der Waals surface area contributed by atoms with Gasteiger partial charge in [0.25, 0.3) is 0 Å². The second-order valence-electron chi connectivity index (χ2n) is 12.2. The van der Waals surface area contributed by atoms with E-state index in [-0.39, 0.29) is 25.0 Å². The van der Waals surface area contributed by atoms with Crippen LogP contribution in [0.15, 0.2) is 41.5 Å². The number of fused-ring (bicyclic) bond motifs is 5. The molecule has 0 radical (unpaired) electrons. The Morgan fingerprint density at radius 3 is 2.33 bits per heavy atom. The van der Waals surface area contributed by atoms with Crippen molar-refractivity contribution in [3.63, 3.8) is 0 Å². The monoisotopic (exact) mass is 671 g/mol. The van der Waals surface area contributed by atoms with Gasteiger partial charge in [-0.15, -0.1) is 0 Å². The van der Waals surface area contributed by atoms with E-state index in [0.717, 1.165) is 0 Å². The first-order chi connectivity index (χ1) is 18.6. The Morgan fingerprint density at radius 2 is 1.75 bits per heavy atom. The van der Waals surface area contributed by atoms with Crippen molar-refractivity contribution in [2.45, 2.75) is 87.0 Å². The summed E-state index contributed by atoms with van der Waals surface area (Å²) in [6, 6.07) is 8.35. The van der Waals surface area contributed by atoms with Crippen molar-refractivity contribution in [3.05, 3.63) is 47.0 Å². The maximum absolute atomic E-state index is 14.3. The molecule has 2 unspecified atom stereocenters. The third-order valence-corrected chi connectivity index (χ3v) is 12.8. The summed E-state index contributed by atoms with van der Waals surface area (Å²) in [5, 5.41) is 47.0. The molecule has 3 aliphatic carbocycles. The summed E-state index contributed by atoms with van der Waals surface area (Å²) in [5.74, 6) is -3.05. The van der Waals surface area contributed by atoms with Crippen LogP contribution in [-0.2, 0) is 22.1 Å². The van der Waals surface area contributed by atoms with E-state index in [0.29, 0.717) is 11.1 Å². The number of carbonyl (C=O) groups is 3. The number of aliphatic hydroxyl groups excluding tert-OH is 3. The van der Waals surface area contributed by atoms with Crippen LogP contribution in [-0.4, -0.2) is 84.3 Å². The molecule has 5 rings (SSSR count). The summed E-state index contributed by atoms with van der Waals surface area (Å²) >= 11 is -1.80. The van der Waals surface area contributed by atoms with Crippen molar-refractivity contribution in [2.75, 3.05) is 6.61 Å². The van der Waals surface area contributed by atoms with Gasteiger partial charge in [-0.3, -0.25) is 0 Å². The van der Waals surface area contributed by atoms with E-state index >= 15 is 0 Å². The Kier molecular flexibility index (Phi) is 7.28. The molecular formula is C29H36IO10-. The number of alkyl halides is 1. The van der Waals surface area contributed by atoms with Crippen molar-refractivity contribution in [3.8, 4) is 0 Å². The van der Waals surface area contributed by atoms with E-state index in [1.807, 2.05) is 0 Å². The number of ketones is 1. The second-order valence-corrected chi connectivity index (χ2v) is 14.5. The van der Waals surface area contributed by atoms with Gasteiger partial charge in [0.05, 0.1) is 0 Å². The zero-order chi connectivity index (χ0) is 29.4. The molecule has 1 heterocycles. The SMILES string of the molecule is CC(=O)O[C@@]12CO[C@@H]1C[C@H](O)[C@@]1(C)C(=O)[C@H](O)C3=C(C)[C@@H](O)C[C@@](O)(C([I-]OC(=O)c4ccccc4)C12)C3(C)C. The van der Waals surface area contributed by atoms with Gasteiger partial charge in [0.15, 0.2) is 0 Å². The average molecular weight is 672 g/mol. The maximum atomic E-state index is 14.3. The van der Waals surface area contributed by atoms with Gasteiger partial charge < -0.3 is 0 Å². The molecule has 2 bridgehead atoms. The number of hydrogen-bond acceptors (Lipinski definition) is 10. The van der Waals surface area contributed by atoms with E-state index in [1.54, 1.807) is 51.1 Å². The predicted molar refractivity (Wildman–Crippen MR) is 135 cm³/mol. The third-order valence-electron chi connectivity index (χ3n) is 9.90. The summed E-state index contributed by atoms with van der Waals surface area (Å²) in [7, 11) is 0. The molecule has 9 atom stereocenters. The van der Waals surface area contributed by atoms with E-state index in [1.165, 1.54) is 13.8 Å². The van der Waals surface area contributed by atoms with Crippen LogP contribution >= 0.6 is 0 Å². The molecule has 40 heavy (non-hydrogen) atoms. The number of Topliss-reactive ketones (excluding diaryl/α,β-unsaturated/α-hetero) is 1. The second kappa shape index (κ2) is 9.84. The summed E-state index contributed by atoms with van der Waals surface area (Å²) < 4.78 is 16.6. The molecular weight excluding hydrogens is 635 g/mol. The fourth-order valence-corrected chi connectivity index (χ4v) is 11.4. The topological polar surface area (TPSA) is 160 Å². The zero-order valence-electron chi connectivity index (χ0n) is 23.1. The van der Waals surface area contributed by atoms with Crippen LogP contribution in [0.25, 0.3) is 0 Å². The summed E-state index contributed by atoms with van der Waals surface area (Å²) in [5.41, 5.74) is -5.38. The molecule has 3 fully saturated rings. The van der Waals surface area contributed by atoms with Gasteiger partial charge in [-0.25, -0.2) is 0 Å².